The molecule has 0 unspecified atom stereocenters. The second-order valence-corrected chi connectivity index (χ2v) is 14.7. The maximum absolute atomic E-state index is 11.7. The molecule has 4 nitrogen and oxygen atoms in total. The molecule has 1 heterocycles. The first-order chi connectivity index (χ1) is 16.7. The van der Waals surface area contributed by atoms with Gasteiger partial charge in [0.25, 0.3) is 8.32 Å². The lowest BCUT2D eigenvalue weighted by Gasteiger charge is -2.43. The quantitative estimate of drug-likeness (QED) is 0.143. The van der Waals surface area contributed by atoms with E-state index in [-0.39, 0.29) is 23.2 Å². The van der Waals surface area contributed by atoms with Crippen molar-refractivity contribution in [1.82, 2.24) is 0 Å². The van der Waals surface area contributed by atoms with Crippen LogP contribution in [0.3, 0.4) is 0 Å². The van der Waals surface area contributed by atoms with E-state index in [4.69, 9.17) is 13.9 Å². The Hall–Kier alpha value is -2.47. The van der Waals surface area contributed by atoms with E-state index < -0.39 is 8.32 Å². The summed E-state index contributed by atoms with van der Waals surface area (Å²) in [4.78, 5) is 11.7. The topological polar surface area (TPSA) is 44.8 Å². The molecule has 0 aliphatic carbocycles. The number of ether oxygens (including phenoxy) is 2. The molecule has 0 amide bonds. The van der Waals surface area contributed by atoms with Gasteiger partial charge in [0, 0.05) is 12.2 Å². The molecule has 1 aliphatic heterocycles. The van der Waals surface area contributed by atoms with Crippen LogP contribution in [0.15, 0.2) is 84.0 Å². The van der Waals surface area contributed by atoms with E-state index in [1.807, 2.05) is 6.08 Å². The van der Waals surface area contributed by atoms with Gasteiger partial charge in [-0.2, -0.15) is 0 Å². The van der Waals surface area contributed by atoms with Gasteiger partial charge in [0.1, 0.15) is 0 Å². The number of benzene rings is 2. The SMILES string of the molecule is COC(=O)/C(C)=C/[C@@H]1C=C(C)[C@@H](CCCCO[Si](c2ccccc2)(c2ccccc2)C(C)(C)C)O1. The van der Waals surface area contributed by atoms with Gasteiger partial charge >= 0.3 is 5.97 Å². The van der Waals surface area contributed by atoms with Crippen LogP contribution in [0.25, 0.3) is 0 Å². The van der Waals surface area contributed by atoms with Crippen molar-refractivity contribution in [3.05, 3.63) is 84.0 Å². The molecule has 188 valence electrons. The zero-order valence-electron chi connectivity index (χ0n) is 22.0. The van der Waals surface area contributed by atoms with Gasteiger partial charge in [0.15, 0.2) is 0 Å². The number of carbonyl (C=O) groups is 1. The van der Waals surface area contributed by atoms with Crippen molar-refractivity contribution in [1.29, 1.82) is 0 Å². The summed E-state index contributed by atoms with van der Waals surface area (Å²) in [6.07, 6.45) is 6.76. The average molecular weight is 493 g/mol. The van der Waals surface area contributed by atoms with Crippen molar-refractivity contribution >= 4 is 24.7 Å². The first kappa shape index (κ1) is 27.1. The largest absolute Gasteiger partial charge is 0.466 e. The molecular formula is C30H40O4Si. The lowest BCUT2D eigenvalue weighted by atomic mass is 10.1. The second kappa shape index (κ2) is 12.0. The van der Waals surface area contributed by atoms with Crippen molar-refractivity contribution in [2.24, 2.45) is 0 Å². The summed E-state index contributed by atoms with van der Waals surface area (Å²) >= 11 is 0. The highest BCUT2D eigenvalue weighted by molar-refractivity contribution is 6.99. The molecule has 0 bridgehead atoms. The van der Waals surface area contributed by atoms with E-state index in [1.165, 1.54) is 23.1 Å². The van der Waals surface area contributed by atoms with Gasteiger partial charge in [0.05, 0.1) is 19.3 Å². The molecule has 0 radical (unpaired) electrons. The summed E-state index contributed by atoms with van der Waals surface area (Å²) < 4.78 is 18.0. The third kappa shape index (κ3) is 6.40. The fraction of sp³-hybridized carbons (Fsp3) is 0.433. The molecule has 3 rings (SSSR count). The van der Waals surface area contributed by atoms with Crippen LogP contribution in [0.5, 0.6) is 0 Å². The smallest absolute Gasteiger partial charge is 0.333 e. The highest BCUT2D eigenvalue weighted by Crippen LogP contribution is 2.37. The Labute approximate surface area is 212 Å². The normalized spacial score (nSPS) is 18.9. The highest BCUT2D eigenvalue weighted by atomic mass is 28.4. The lowest BCUT2D eigenvalue weighted by molar-refractivity contribution is -0.136. The Morgan fingerprint density at radius 3 is 2.09 bits per heavy atom. The number of rotatable bonds is 10. The number of methoxy groups -OCH3 is 1. The average Bonchev–Trinajstić information content (AvgIpc) is 3.19. The fourth-order valence-corrected chi connectivity index (χ4v) is 9.59. The fourth-order valence-electron chi connectivity index (χ4n) is 4.98. The summed E-state index contributed by atoms with van der Waals surface area (Å²) in [7, 11) is -1.09. The standard InChI is InChI=1S/C30H40O4Si/c1-23-21-25(22-24(2)29(31)32-6)34-28(23)19-13-14-20-33-35(30(3,4)5,26-15-9-7-10-16-26)27-17-11-8-12-18-27/h7-12,15-18,21-22,25,28H,13-14,19-20H2,1-6H3/b24-22+/t25-,28+/m0/s1. The molecule has 0 aromatic heterocycles. The summed E-state index contributed by atoms with van der Waals surface area (Å²) in [5, 5.41) is 2.61. The third-order valence-corrected chi connectivity index (χ3v) is 11.8. The minimum absolute atomic E-state index is 0.0132. The summed E-state index contributed by atoms with van der Waals surface area (Å²) in [5.41, 5.74) is 1.79. The summed E-state index contributed by atoms with van der Waals surface area (Å²) in [6, 6.07) is 21.5. The third-order valence-electron chi connectivity index (χ3n) is 6.77. The van der Waals surface area contributed by atoms with Crippen molar-refractivity contribution in [2.45, 2.75) is 71.1 Å². The van der Waals surface area contributed by atoms with Crippen molar-refractivity contribution < 1.29 is 18.7 Å². The van der Waals surface area contributed by atoms with E-state index in [0.29, 0.717) is 12.2 Å². The molecule has 2 atom stereocenters. The molecule has 0 saturated carbocycles. The second-order valence-electron chi connectivity index (χ2n) is 10.3. The van der Waals surface area contributed by atoms with E-state index in [0.717, 1.165) is 19.3 Å². The number of hydrogen-bond donors (Lipinski definition) is 0. The van der Waals surface area contributed by atoms with Crippen LogP contribution in [0, 0.1) is 0 Å². The molecule has 0 saturated heterocycles. The van der Waals surface area contributed by atoms with Crippen molar-refractivity contribution in [3.8, 4) is 0 Å². The first-order valence-electron chi connectivity index (χ1n) is 12.5. The van der Waals surface area contributed by atoms with Gasteiger partial charge in [-0.15, -0.1) is 0 Å². The molecule has 0 N–H and O–H groups in total. The van der Waals surface area contributed by atoms with Crippen LogP contribution >= 0.6 is 0 Å². The molecule has 0 fully saturated rings. The molecule has 0 spiro atoms. The Kier molecular flexibility index (Phi) is 9.28. The van der Waals surface area contributed by atoms with Crippen LogP contribution in [-0.4, -0.2) is 40.2 Å². The van der Waals surface area contributed by atoms with Crippen LogP contribution in [-0.2, 0) is 18.7 Å². The molecule has 2 aromatic rings. The first-order valence-corrected chi connectivity index (χ1v) is 14.5. The van der Waals surface area contributed by atoms with Gasteiger partial charge in [0.2, 0.25) is 0 Å². The maximum atomic E-state index is 11.7. The zero-order valence-corrected chi connectivity index (χ0v) is 23.0. The van der Waals surface area contributed by atoms with Crippen molar-refractivity contribution in [3.63, 3.8) is 0 Å². The Morgan fingerprint density at radius 2 is 1.57 bits per heavy atom. The van der Waals surface area contributed by atoms with Gasteiger partial charge < -0.3 is 13.9 Å². The van der Waals surface area contributed by atoms with Gasteiger partial charge in [-0.05, 0) is 60.2 Å². The minimum Gasteiger partial charge on any atom is -0.466 e. The lowest BCUT2D eigenvalue weighted by Crippen LogP contribution is -2.66. The van der Waals surface area contributed by atoms with Gasteiger partial charge in [-0.1, -0.05) is 87.5 Å². The zero-order chi connectivity index (χ0) is 25.5. The van der Waals surface area contributed by atoms with Gasteiger partial charge in [-0.3, -0.25) is 0 Å². The molecule has 5 heteroatoms. The minimum atomic E-state index is -2.48. The molecule has 2 aromatic carbocycles. The van der Waals surface area contributed by atoms with E-state index in [1.54, 1.807) is 6.92 Å². The van der Waals surface area contributed by atoms with E-state index >= 15 is 0 Å². The highest BCUT2D eigenvalue weighted by Gasteiger charge is 2.49. The number of carbonyl (C=O) groups excluding carboxylic acids is 1. The van der Waals surface area contributed by atoms with Crippen LogP contribution in [0.4, 0.5) is 0 Å². The summed E-state index contributed by atoms with van der Waals surface area (Å²) in [5.74, 6) is -0.316. The van der Waals surface area contributed by atoms with Crippen molar-refractivity contribution in [2.75, 3.05) is 13.7 Å². The number of unbranched alkanes of at least 4 members (excludes halogenated alkanes) is 1. The predicted octanol–water partition coefficient (Wildman–Crippen LogP) is 5.57. The number of esters is 1. The number of hydrogen-bond acceptors (Lipinski definition) is 4. The van der Waals surface area contributed by atoms with E-state index in [2.05, 4.69) is 94.4 Å². The molecule has 1 aliphatic rings. The molecular weight excluding hydrogens is 452 g/mol. The van der Waals surface area contributed by atoms with Crippen LogP contribution < -0.4 is 10.4 Å². The van der Waals surface area contributed by atoms with Gasteiger partial charge in [-0.25, -0.2) is 4.79 Å². The maximum Gasteiger partial charge on any atom is 0.333 e. The monoisotopic (exact) mass is 492 g/mol. The Morgan fingerprint density at radius 1 is 1.00 bits per heavy atom. The Bertz CT molecular complexity index is 982. The van der Waals surface area contributed by atoms with E-state index in [9.17, 15) is 4.79 Å². The Balaban J connectivity index is 1.64. The van der Waals surface area contributed by atoms with Crippen LogP contribution in [0.1, 0.15) is 53.9 Å². The predicted molar refractivity (Wildman–Crippen MR) is 146 cm³/mol. The van der Waals surface area contributed by atoms with Crippen LogP contribution in [0.2, 0.25) is 5.04 Å². The molecule has 35 heavy (non-hydrogen) atoms. The summed E-state index contributed by atoms with van der Waals surface area (Å²) in [6.45, 7) is 11.5.